The summed E-state index contributed by atoms with van der Waals surface area (Å²) in [5.41, 5.74) is 1.99. The molecule has 4 aromatic rings. The molecule has 7 nitrogen and oxygen atoms in total. The predicted octanol–water partition coefficient (Wildman–Crippen LogP) is 8.05. The maximum Gasteiger partial charge on any atom is 0.301 e. The number of unbranched alkanes of at least 4 members (excludes halogenated alkanes) is 1. The molecule has 1 fully saturated rings. The molecule has 1 atom stereocenters. The Morgan fingerprint density at radius 2 is 1.80 bits per heavy atom. The van der Waals surface area contributed by atoms with Crippen molar-refractivity contribution < 1.29 is 19.4 Å². The average Bonchev–Trinajstić information content (AvgIpc) is 3.55. The van der Waals surface area contributed by atoms with Crippen molar-refractivity contribution in [3.8, 4) is 5.75 Å². The minimum Gasteiger partial charge on any atom is -0.507 e. The fraction of sp³-hybridized carbons (Fsp3) is 0.200. The van der Waals surface area contributed by atoms with E-state index in [-0.39, 0.29) is 16.5 Å². The summed E-state index contributed by atoms with van der Waals surface area (Å²) in [7, 11) is 0. The number of aliphatic hydroxyl groups excluding tert-OH is 1. The van der Waals surface area contributed by atoms with Crippen molar-refractivity contribution in [1.29, 1.82) is 0 Å². The number of anilines is 1. The van der Waals surface area contributed by atoms with Gasteiger partial charge in [0.25, 0.3) is 5.78 Å². The molecule has 5 rings (SSSR count). The topological polar surface area (TPSA) is 92.6 Å². The first kappa shape index (κ1) is 29.3. The number of carbonyl (C=O) groups excluding carboxylic acids is 2. The van der Waals surface area contributed by atoms with Crippen LogP contribution in [0.3, 0.4) is 0 Å². The minimum atomic E-state index is -0.891. The van der Waals surface area contributed by atoms with Crippen LogP contribution in [-0.4, -0.2) is 33.6 Å². The van der Waals surface area contributed by atoms with Gasteiger partial charge in [0.1, 0.15) is 11.5 Å². The molecule has 1 aliphatic rings. The van der Waals surface area contributed by atoms with E-state index < -0.39 is 17.7 Å². The first-order chi connectivity index (χ1) is 19.9. The average molecular weight is 671 g/mol. The molecule has 1 saturated heterocycles. The summed E-state index contributed by atoms with van der Waals surface area (Å²) in [5.74, 6) is -0.606. The van der Waals surface area contributed by atoms with E-state index in [9.17, 15) is 14.7 Å². The van der Waals surface area contributed by atoms with Crippen LogP contribution in [-0.2, 0) is 15.3 Å². The molecule has 0 unspecified atom stereocenters. The number of rotatable bonds is 10. The van der Waals surface area contributed by atoms with E-state index in [4.69, 9.17) is 16.3 Å². The molecule has 1 amide bonds. The van der Waals surface area contributed by atoms with Crippen LogP contribution in [0, 0.1) is 0 Å². The number of nitrogens with zero attached hydrogens (tertiary/aromatic N) is 3. The van der Waals surface area contributed by atoms with Crippen LogP contribution in [0.5, 0.6) is 5.75 Å². The summed E-state index contributed by atoms with van der Waals surface area (Å²) in [6, 6.07) is 20.7. The molecular weight excluding hydrogens is 646 g/mol. The van der Waals surface area contributed by atoms with E-state index in [1.54, 1.807) is 36.4 Å². The van der Waals surface area contributed by atoms with Crippen LogP contribution >= 0.6 is 50.6 Å². The molecule has 1 N–H and O–H groups in total. The summed E-state index contributed by atoms with van der Waals surface area (Å²) >= 11 is 12.4. The predicted molar refractivity (Wildman–Crippen MR) is 167 cm³/mol. The molecular formula is C30H25BrClN3O4S2. The van der Waals surface area contributed by atoms with Gasteiger partial charge in [-0.2, -0.15) is 0 Å². The lowest BCUT2D eigenvalue weighted by molar-refractivity contribution is -0.132. The highest BCUT2D eigenvalue weighted by molar-refractivity contribution is 9.10. The number of hydrogen-bond acceptors (Lipinski definition) is 8. The van der Waals surface area contributed by atoms with E-state index in [0.29, 0.717) is 38.6 Å². The maximum atomic E-state index is 13.5. The van der Waals surface area contributed by atoms with Crippen molar-refractivity contribution in [2.75, 3.05) is 11.5 Å². The number of hydrogen-bond donors (Lipinski definition) is 1. The van der Waals surface area contributed by atoms with Gasteiger partial charge >= 0.3 is 5.91 Å². The zero-order chi connectivity index (χ0) is 28.9. The fourth-order valence-electron chi connectivity index (χ4n) is 4.30. The van der Waals surface area contributed by atoms with Crippen LogP contribution in [0.4, 0.5) is 5.13 Å². The molecule has 41 heavy (non-hydrogen) atoms. The van der Waals surface area contributed by atoms with Crippen molar-refractivity contribution in [3.05, 3.63) is 105 Å². The van der Waals surface area contributed by atoms with E-state index in [2.05, 4.69) is 33.1 Å². The minimum absolute atomic E-state index is 0.0163. The summed E-state index contributed by atoms with van der Waals surface area (Å²) in [6.07, 6.45) is 1.95. The van der Waals surface area contributed by atoms with Gasteiger partial charge in [-0.25, -0.2) is 0 Å². The molecule has 1 aromatic heterocycles. The Hall–Kier alpha value is -3.18. The summed E-state index contributed by atoms with van der Waals surface area (Å²) < 4.78 is 7.18. The molecule has 3 aromatic carbocycles. The highest BCUT2D eigenvalue weighted by atomic mass is 79.9. The van der Waals surface area contributed by atoms with Crippen molar-refractivity contribution >= 4 is 73.2 Å². The van der Waals surface area contributed by atoms with Crippen molar-refractivity contribution in [3.63, 3.8) is 0 Å². The summed E-state index contributed by atoms with van der Waals surface area (Å²) in [4.78, 5) is 28.2. The SMILES string of the molecule is CCCCOc1ccc(C(O)=C2C(=O)C(=O)N(c3nnc(SCc4ccccc4Cl)s3)[C@@H]2c2ccc(Br)cc2)cc1. The Morgan fingerprint density at radius 1 is 1.07 bits per heavy atom. The van der Waals surface area contributed by atoms with Crippen molar-refractivity contribution in [2.24, 2.45) is 0 Å². The molecule has 0 aliphatic carbocycles. The second kappa shape index (κ2) is 13.2. The molecule has 0 spiro atoms. The third-order valence-corrected chi connectivity index (χ3v) is 9.44. The maximum absolute atomic E-state index is 13.5. The number of carbonyl (C=O) groups is 2. The number of thioether (sulfide) groups is 1. The normalized spacial score (nSPS) is 16.4. The first-order valence-electron chi connectivity index (χ1n) is 12.9. The lowest BCUT2D eigenvalue weighted by Crippen LogP contribution is -2.29. The zero-order valence-corrected chi connectivity index (χ0v) is 25.9. The van der Waals surface area contributed by atoms with E-state index in [1.807, 2.05) is 36.4 Å². The number of halogens is 2. The number of aliphatic hydroxyl groups is 1. The van der Waals surface area contributed by atoms with Gasteiger partial charge in [0, 0.05) is 20.8 Å². The van der Waals surface area contributed by atoms with Crippen LogP contribution in [0.2, 0.25) is 5.02 Å². The fourth-order valence-corrected chi connectivity index (χ4v) is 6.72. The lowest BCUT2D eigenvalue weighted by atomic mass is 9.95. The number of ether oxygens (including phenoxy) is 1. The molecule has 1 aliphatic heterocycles. The van der Waals surface area contributed by atoms with Crippen LogP contribution in [0.15, 0.2) is 87.2 Å². The Kier molecular flexibility index (Phi) is 9.44. The van der Waals surface area contributed by atoms with Crippen LogP contribution in [0.25, 0.3) is 5.76 Å². The third kappa shape index (κ3) is 6.51. The Morgan fingerprint density at radius 3 is 2.51 bits per heavy atom. The van der Waals surface area contributed by atoms with Crippen LogP contribution < -0.4 is 9.64 Å². The number of amides is 1. The first-order valence-corrected chi connectivity index (χ1v) is 15.8. The second-order valence-corrected chi connectivity index (χ2v) is 12.7. The number of Topliss-reactive ketones (excluding diaryl/α,β-unsaturated/α-hetero) is 1. The lowest BCUT2D eigenvalue weighted by Gasteiger charge is -2.22. The Bertz CT molecular complexity index is 1590. The van der Waals surface area contributed by atoms with Gasteiger partial charge in [-0.1, -0.05) is 94.3 Å². The standard InChI is InChI=1S/C30H25BrClN3O4S2/c1-2-3-16-39-22-14-10-19(11-15-22)26(36)24-25(18-8-12-21(31)13-9-18)35(28(38)27(24)37)29-33-34-30(41-29)40-17-20-6-4-5-7-23(20)32/h4-15,25,36H,2-3,16-17H2,1H3/t25-/m1/s1. The van der Waals surface area contributed by atoms with Gasteiger partial charge in [-0.3, -0.25) is 14.5 Å². The molecule has 0 radical (unpaired) electrons. The molecule has 11 heteroatoms. The number of benzene rings is 3. The second-order valence-electron chi connectivity index (χ2n) is 9.18. The highest BCUT2D eigenvalue weighted by Gasteiger charge is 2.48. The van der Waals surface area contributed by atoms with E-state index in [0.717, 1.165) is 22.9 Å². The van der Waals surface area contributed by atoms with Gasteiger partial charge in [-0.05, 0) is 60.0 Å². The molecule has 2 heterocycles. The van der Waals surface area contributed by atoms with Crippen molar-refractivity contribution in [1.82, 2.24) is 10.2 Å². The van der Waals surface area contributed by atoms with Gasteiger partial charge in [-0.15, -0.1) is 10.2 Å². The largest absolute Gasteiger partial charge is 0.507 e. The quantitative estimate of drug-likeness (QED) is 0.0456. The van der Waals surface area contributed by atoms with Gasteiger partial charge in [0.05, 0.1) is 18.2 Å². The molecule has 210 valence electrons. The third-order valence-electron chi connectivity index (χ3n) is 6.44. The monoisotopic (exact) mass is 669 g/mol. The van der Waals surface area contributed by atoms with Gasteiger partial charge in [0.15, 0.2) is 4.34 Å². The molecule has 0 saturated carbocycles. The highest BCUT2D eigenvalue weighted by Crippen LogP contribution is 2.44. The number of ketones is 1. The Labute approximate surface area is 259 Å². The summed E-state index contributed by atoms with van der Waals surface area (Å²) in [5, 5.41) is 20.8. The number of aromatic nitrogens is 2. The summed E-state index contributed by atoms with van der Waals surface area (Å²) in [6.45, 7) is 2.68. The van der Waals surface area contributed by atoms with E-state index >= 15 is 0 Å². The van der Waals surface area contributed by atoms with Gasteiger partial charge < -0.3 is 9.84 Å². The Balaban J connectivity index is 1.49. The molecule has 0 bridgehead atoms. The van der Waals surface area contributed by atoms with Crippen molar-refractivity contribution in [2.45, 2.75) is 35.9 Å². The van der Waals surface area contributed by atoms with E-state index in [1.165, 1.54) is 28.0 Å². The van der Waals surface area contributed by atoms with Gasteiger partial charge in [0.2, 0.25) is 5.13 Å². The smallest absolute Gasteiger partial charge is 0.301 e. The zero-order valence-electron chi connectivity index (χ0n) is 21.9. The van der Waals surface area contributed by atoms with Crippen LogP contribution in [0.1, 0.15) is 42.5 Å².